The number of hydrogen-bond donors (Lipinski definition) is 2. The van der Waals surface area contributed by atoms with Crippen LogP contribution in [0.3, 0.4) is 0 Å². The van der Waals surface area contributed by atoms with Gasteiger partial charge in [-0.15, -0.1) is 0 Å². The van der Waals surface area contributed by atoms with Gasteiger partial charge in [0.05, 0.1) is 0 Å². The summed E-state index contributed by atoms with van der Waals surface area (Å²) in [4.78, 5) is 17.5. The molecule has 0 saturated carbocycles. The van der Waals surface area contributed by atoms with Gasteiger partial charge in [-0.1, -0.05) is 0 Å². The highest BCUT2D eigenvalue weighted by Gasteiger charge is 2.12. The summed E-state index contributed by atoms with van der Waals surface area (Å²) in [6.07, 6.45) is 1.63. The fourth-order valence-electron chi connectivity index (χ4n) is 1.37. The van der Waals surface area contributed by atoms with Gasteiger partial charge in [-0.2, -0.15) is 0 Å². The van der Waals surface area contributed by atoms with Gasteiger partial charge in [-0.25, -0.2) is 9.78 Å². The number of aromatic carboxylic acids is 1. The largest absolute Gasteiger partial charge is 0.477 e. The number of carboxylic acids is 1. The van der Waals surface area contributed by atoms with Crippen molar-refractivity contribution in [2.24, 2.45) is 0 Å². The van der Waals surface area contributed by atoms with E-state index in [1.54, 1.807) is 19.2 Å². The van der Waals surface area contributed by atoms with Gasteiger partial charge in [-0.3, -0.25) is 0 Å². The highest BCUT2D eigenvalue weighted by molar-refractivity contribution is 5.95. The van der Waals surface area contributed by atoms with E-state index in [2.05, 4.69) is 9.97 Å². The van der Waals surface area contributed by atoms with Gasteiger partial charge >= 0.3 is 5.97 Å². The predicted octanol–water partition coefficient (Wildman–Crippen LogP) is 1.57. The zero-order chi connectivity index (χ0) is 9.42. The number of nitrogens with zero attached hydrogens (tertiary/aromatic N) is 1. The molecule has 4 heteroatoms. The monoisotopic (exact) mass is 176 g/mol. The van der Waals surface area contributed by atoms with Gasteiger partial charge < -0.3 is 10.1 Å². The van der Waals surface area contributed by atoms with Crippen LogP contribution in [0.4, 0.5) is 0 Å². The van der Waals surface area contributed by atoms with Crippen LogP contribution in [0.1, 0.15) is 16.1 Å². The Morgan fingerprint density at radius 3 is 3.00 bits per heavy atom. The molecule has 0 fully saturated rings. The number of rotatable bonds is 1. The number of carboxylic acid groups (broad SMARTS) is 1. The van der Waals surface area contributed by atoms with E-state index in [0.29, 0.717) is 5.65 Å². The molecule has 0 radical (unpaired) electrons. The van der Waals surface area contributed by atoms with E-state index < -0.39 is 5.97 Å². The number of aromatic nitrogens is 2. The van der Waals surface area contributed by atoms with Crippen LogP contribution < -0.4 is 0 Å². The van der Waals surface area contributed by atoms with Crippen LogP contribution in [0.15, 0.2) is 18.3 Å². The maximum absolute atomic E-state index is 10.7. The van der Waals surface area contributed by atoms with E-state index in [1.807, 2.05) is 6.07 Å². The SMILES string of the molecule is Cc1c(C(=O)O)[nH]c2ncccc12. The van der Waals surface area contributed by atoms with E-state index in [-0.39, 0.29) is 5.69 Å². The molecule has 0 aliphatic carbocycles. The molecule has 0 atom stereocenters. The Balaban J connectivity index is 2.81. The third-order valence-corrected chi connectivity index (χ3v) is 2.04. The minimum absolute atomic E-state index is 0.216. The molecule has 0 aliphatic heterocycles. The lowest BCUT2D eigenvalue weighted by Crippen LogP contribution is -1.98. The Labute approximate surface area is 74.2 Å². The second-order valence-electron chi connectivity index (χ2n) is 2.83. The number of H-pyrrole nitrogens is 1. The van der Waals surface area contributed by atoms with Gasteiger partial charge in [0.15, 0.2) is 0 Å². The Hall–Kier alpha value is -1.84. The summed E-state index contributed by atoms with van der Waals surface area (Å²) in [7, 11) is 0. The third-order valence-electron chi connectivity index (χ3n) is 2.04. The molecule has 66 valence electrons. The van der Waals surface area contributed by atoms with Crippen molar-refractivity contribution in [1.29, 1.82) is 0 Å². The van der Waals surface area contributed by atoms with Crippen LogP contribution in [0, 0.1) is 6.92 Å². The predicted molar refractivity (Wildman–Crippen MR) is 47.8 cm³/mol. The smallest absolute Gasteiger partial charge is 0.352 e. The van der Waals surface area contributed by atoms with E-state index in [4.69, 9.17) is 5.11 Å². The van der Waals surface area contributed by atoms with E-state index in [0.717, 1.165) is 10.9 Å². The molecule has 0 bridgehead atoms. The first-order valence-electron chi connectivity index (χ1n) is 3.86. The summed E-state index contributed by atoms with van der Waals surface area (Å²) in [5.74, 6) is -0.949. The maximum atomic E-state index is 10.7. The lowest BCUT2D eigenvalue weighted by atomic mass is 10.2. The summed E-state index contributed by atoms with van der Waals surface area (Å²) >= 11 is 0. The third kappa shape index (κ3) is 1.07. The van der Waals surface area contributed by atoms with Crippen LogP contribution in [0.5, 0.6) is 0 Å². The standard InChI is InChI=1S/C9H8N2O2/c1-5-6-3-2-4-10-8(6)11-7(5)9(12)13/h2-4H,1H3,(H,10,11)(H,12,13). The molecule has 2 rings (SSSR count). The molecule has 0 spiro atoms. The fraction of sp³-hybridized carbons (Fsp3) is 0.111. The Kier molecular flexibility index (Phi) is 1.55. The van der Waals surface area contributed by atoms with Crippen molar-refractivity contribution in [2.75, 3.05) is 0 Å². The molecule has 2 aromatic heterocycles. The van der Waals surface area contributed by atoms with Crippen LogP contribution in [0.2, 0.25) is 0 Å². The van der Waals surface area contributed by atoms with E-state index in [9.17, 15) is 4.79 Å². The van der Waals surface area contributed by atoms with E-state index >= 15 is 0 Å². The number of fused-ring (bicyclic) bond motifs is 1. The molecule has 0 aromatic carbocycles. The van der Waals surface area contributed by atoms with Crippen molar-refractivity contribution in [3.63, 3.8) is 0 Å². The molecule has 4 nitrogen and oxygen atoms in total. The Bertz CT molecular complexity index is 473. The first-order chi connectivity index (χ1) is 6.20. The van der Waals surface area contributed by atoms with Crippen LogP contribution in [-0.4, -0.2) is 21.0 Å². The van der Waals surface area contributed by atoms with Crippen molar-refractivity contribution in [1.82, 2.24) is 9.97 Å². The summed E-state index contributed by atoms with van der Waals surface area (Å²) in [6, 6.07) is 3.63. The molecule has 0 aliphatic rings. The topological polar surface area (TPSA) is 66.0 Å². The average Bonchev–Trinajstić information content (AvgIpc) is 2.45. The summed E-state index contributed by atoms with van der Waals surface area (Å²) < 4.78 is 0. The van der Waals surface area contributed by atoms with Crippen molar-refractivity contribution >= 4 is 17.0 Å². The highest BCUT2D eigenvalue weighted by Crippen LogP contribution is 2.18. The van der Waals surface area contributed by atoms with Crippen molar-refractivity contribution in [3.8, 4) is 0 Å². The zero-order valence-corrected chi connectivity index (χ0v) is 7.03. The minimum Gasteiger partial charge on any atom is -0.477 e. The first-order valence-corrected chi connectivity index (χ1v) is 3.86. The molecule has 13 heavy (non-hydrogen) atoms. The van der Waals surface area contributed by atoms with Crippen molar-refractivity contribution < 1.29 is 9.90 Å². The van der Waals surface area contributed by atoms with Crippen LogP contribution >= 0.6 is 0 Å². The minimum atomic E-state index is -0.949. The summed E-state index contributed by atoms with van der Waals surface area (Å²) in [5.41, 5.74) is 1.57. The van der Waals surface area contributed by atoms with Crippen LogP contribution in [0.25, 0.3) is 11.0 Å². The van der Waals surface area contributed by atoms with Crippen molar-refractivity contribution in [2.45, 2.75) is 6.92 Å². The molecule has 0 saturated heterocycles. The molecule has 0 unspecified atom stereocenters. The lowest BCUT2D eigenvalue weighted by molar-refractivity contribution is 0.0690. The van der Waals surface area contributed by atoms with Gasteiger partial charge in [0.1, 0.15) is 11.3 Å². The Morgan fingerprint density at radius 1 is 1.62 bits per heavy atom. The molecule has 2 N–H and O–H groups in total. The summed E-state index contributed by atoms with van der Waals surface area (Å²) in [5, 5.41) is 9.67. The number of aromatic amines is 1. The highest BCUT2D eigenvalue weighted by atomic mass is 16.4. The quantitative estimate of drug-likeness (QED) is 0.693. The number of aryl methyl sites for hydroxylation is 1. The zero-order valence-electron chi connectivity index (χ0n) is 7.03. The van der Waals surface area contributed by atoms with Gasteiger partial charge in [-0.05, 0) is 24.6 Å². The van der Waals surface area contributed by atoms with Gasteiger partial charge in [0, 0.05) is 11.6 Å². The molecule has 0 amide bonds. The van der Waals surface area contributed by atoms with Crippen molar-refractivity contribution in [3.05, 3.63) is 29.6 Å². The number of nitrogens with one attached hydrogen (secondary N) is 1. The molecular weight excluding hydrogens is 168 g/mol. The fourth-order valence-corrected chi connectivity index (χ4v) is 1.37. The maximum Gasteiger partial charge on any atom is 0.352 e. The number of carbonyl (C=O) groups is 1. The lowest BCUT2D eigenvalue weighted by Gasteiger charge is -1.89. The molecular formula is C9H8N2O2. The van der Waals surface area contributed by atoms with Gasteiger partial charge in [0.2, 0.25) is 0 Å². The van der Waals surface area contributed by atoms with Crippen LogP contribution in [-0.2, 0) is 0 Å². The van der Waals surface area contributed by atoms with Gasteiger partial charge in [0.25, 0.3) is 0 Å². The Morgan fingerprint density at radius 2 is 2.38 bits per heavy atom. The number of pyridine rings is 1. The molecule has 2 aromatic rings. The van der Waals surface area contributed by atoms with E-state index in [1.165, 1.54) is 0 Å². The second kappa shape index (κ2) is 2.58. The first kappa shape index (κ1) is 7.79. The summed E-state index contributed by atoms with van der Waals surface area (Å²) in [6.45, 7) is 1.77. The molecule has 2 heterocycles. The normalized spacial score (nSPS) is 10.5. The number of hydrogen-bond acceptors (Lipinski definition) is 2. The second-order valence-corrected chi connectivity index (χ2v) is 2.83. The average molecular weight is 176 g/mol.